The third-order valence-electron chi connectivity index (χ3n) is 21.2. The van der Waals surface area contributed by atoms with Gasteiger partial charge in [0.2, 0.25) is 0 Å². The van der Waals surface area contributed by atoms with E-state index in [0.717, 1.165) is 57.1 Å². The van der Waals surface area contributed by atoms with Gasteiger partial charge in [0.25, 0.3) is 0 Å². The molecule has 5 saturated heterocycles. The van der Waals surface area contributed by atoms with E-state index in [1.807, 2.05) is 6.92 Å². The molecule has 1 unspecified atom stereocenters. The van der Waals surface area contributed by atoms with Crippen LogP contribution in [0.5, 0.6) is 0 Å². The molecule has 0 amide bonds. The van der Waals surface area contributed by atoms with E-state index < -0.39 is 180 Å². The van der Waals surface area contributed by atoms with E-state index in [1.165, 1.54) is 5.57 Å². The van der Waals surface area contributed by atoms with Gasteiger partial charge in [0.05, 0.1) is 51.5 Å². The maximum absolute atomic E-state index is 11.9. The molecule has 0 aromatic carbocycles. The molecule has 27 nitrogen and oxygen atoms in total. The minimum atomic E-state index is -2.02. The summed E-state index contributed by atoms with van der Waals surface area (Å²) >= 11 is 0. The lowest BCUT2D eigenvalue weighted by molar-refractivity contribution is -0.404. The molecule has 0 spiro atoms. The van der Waals surface area contributed by atoms with Gasteiger partial charge in [0, 0.05) is 12.3 Å². The number of hydrogen-bond acceptors (Lipinski definition) is 27. The summed E-state index contributed by atoms with van der Waals surface area (Å²) in [4.78, 5) is 0. The number of aliphatic hydroxyl groups is 16. The van der Waals surface area contributed by atoms with Crippen molar-refractivity contribution in [1.29, 1.82) is 0 Å². The van der Waals surface area contributed by atoms with Crippen LogP contribution in [0, 0.1) is 46.3 Å². The molecule has 0 aromatic rings. The van der Waals surface area contributed by atoms with E-state index in [-0.39, 0.29) is 35.6 Å². The van der Waals surface area contributed by atoms with E-state index in [9.17, 15) is 81.7 Å². The molecule has 10 aliphatic rings. The van der Waals surface area contributed by atoms with Crippen molar-refractivity contribution in [2.45, 2.75) is 252 Å². The average Bonchev–Trinajstić information content (AvgIpc) is 1.68. The smallest absolute Gasteiger partial charge is 0.187 e. The first-order chi connectivity index (χ1) is 39.5. The van der Waals surface area contributed by atoms with Gasteiger partial charge in [-0.2, -0.15) is 0 Å². The van der Waals surface area contributed by atoms with Crippen LogP contribution in [-0.2, 0) is 52.1 Å². The predicted molar refractivity (Wildman–Crippen MR) is 277 cm³/mol. The summed E-state index contributed by atoms with van der Waals surface area (Å²) in [6, 6.07) is 0. The first kappa shape index (κ1) is 64.5. The van der Waals surface area contributed by atoms with Crippen molar-refractivity contribution >= 4 is 0 Å². The zero-order valence-corrected chi connectivity index (χ0v) is 47.4. The Morgan fingerprint density at radius 1 is 0.518 bits per heavy atom. The molecule has 478 valence electrons. The number of aliphatic hydroxyl groups excluding tert-OH is 16. The van der Waals surface area contributed by atoms with E-state index >= 15 is 0 Å². The summed E-state index contributed by atoms with van der Waals surface area (Å²) in [5.74, 6) is 3.17. The van der Waals surface area contributed by atoms with Crippen LogP contribution in [0.1, 0.15) is 91.9 Å². The minimum absolute atomic E-state index is 0.0166. The van der Waals surface area contributed by atoms with E-state index in [0.29, 0.717) is 42.4 Å². The van der Waals surface area contributed by atoms with Gasteiger partial charge in [0.1, 0.15) is 122 Å². The summed E-state index contributed by atoms with van der Waals surface area (Å²) < 4.78 is 66.1. The van der Waals surface area contributed by atoms with Crippen molar-refractivity contribution in [1.82, 2.24) is 0 Å². The number of hydrogen-bond donors (Lipinski definition) is 16. The van der Waals surface area contributed by atoms with Gasteiger partial charge in [0.15, 0.2) is 31.5 Å². The second-order valence-corrected chi connectivity index (χ2v) is 26.1. The highest BCUT2D eigenvalue weighted by Gasteiger charge is 2.65. The Balaban J connectivity index is 0.762. The first-order valence-corrected chi connectivity index (χ1v) is 29.9. The predicted octanol–water partition coefficient (Wildman–Crippen LogP) is -4.54. The van der Waals surface area contributed by atoms with Crippen LogP contribution in [0.4, 0.5) is 0 Å². The molecule has 4 saturated carbocycles. The topological polar surface area (TPSA) is 425 Å². The quantitative estimate of drug-likeness (QED) is 0.0575. The Bertz CT molecular complexity index is 2160. The van der Waals surface area contributed by atoms with Gasteiger partial charge in [-0.3, -0.25) is 0 Å². The molecule has 16 N–H and O–H groups in total. The van der Waals surface area contributed by atoms with Crippen molar-refractivity contribution in [2.24, 2.45) is 46.3 Å². The molecule has 6 heterocycles. The van der Waals surface area contributed by atoms with Crippen LogP contribution in [-0.4, -0.2) is 281 Å². The third kappa shape index (κ3) is 12.1. The number of fused-ring (bicyclic) bond motifs is 7. The van der Waals surface area contributed by atoms with E-state index in [1.54, 1.807) is 0 Å². The highest BCUT2D eigenvalue weighted by molar-refractivity contribution is 5.27. The highest BCUT2D eigenvalue weighted by atomic mass is 16.8. The van der Waals surface area contributed by atoms with Crippen molar-refractivity contribution < 1.29 is 134 Å². The SMILES string of the molecule is CC1=C(CC[C@@H](C)CO[C@@H]2O[C@H](CO)[C@@H](O)[C@H](O)[C@H]2O)O[C@H]2C[C@H]3[C@@H]4CCC5C[C@@H](O[C@@H]6O[C@H](CO)[C@H](O[C@@H]7O[C@H](CO)[C@@H](O)[C@H](O[C@@H]8OC[C@@H](O)[C@H](O)[C@H]8O)[C@H]7O[C@@H]7O[C@H](CO)[C@@H](O)[C@H](O)[C@H]7O)[C@H](O)[C@H]6O)CC[C@]5(C)[C@H]4CC[C@]3(C)[C@@H]12. The fourth-order valence-electron chi connectivity index (χ4n) is 16.4. The Hall–Kier alpha value is -1.50. The number of allylic oxidation sites excluding steroid dienone is 1. The number of rotatable bonds is 18. The summed E-state index contributed by atoms with van der Waals surface area (Å²) in [7, 11) is 0. The highest BCUT2D eigenvalue weighted by Crippen LogP contribution is 2.70. The standard InChI is InChI=1S/C56H92O27/c1-21(19-73-50-44(70)40(66)37(63)31(15-57)77-50)5-8-29-22(2)35-30(76-29)14-27-25-7-6-23-13-24(9-11-55(23,3)26(25)10-12-56(27,35)4)75-52-46(72)42(68)47(34(18-60)80-52)81-54-49(83-53-45(71)41(67)38(64)32(16-58)78-53)48(39(65)33(17-59)79-54)82-51-43(69)36(62)28(61)20-74-51/h21,23-28,30-54,57-72H,5-20H2,1-4H3/t21-,23?,24+,25-,26+,27+,28-,30+,31-,32-,33-,34-,35+,36+,37-,38-,39-,40+,41+,42-,43-,44-,45-,46-,47+,48+,49-,50-,51+,52-,53+,54+,55+,56+/m1/s1. The fourth-order valence-corrected chi connectivity index (χ4v) is 16.4. The van der Waals surface area contributed by atoms with Crippen LogP contribution in [0.2, 0.25) is 0 Å². The molecular weight excluding hydrogens is 1100 g/mol. The summed E-state index contributed by atoms with van der Waals surface area (Å²) in [5, 5.41) is 170. The van der Waals surface area contributed by atoms with E-state index in [2.05, 4.69) is 20.8 Å². The minimum Gasteiger partial charge on any atom is -0.494 e. The van der Waals surface area contributed by atoms with Gasteiger partial charge in [-0.1, -0.05) is 20.8 Å². The third-order valence-corrected chi connectivity index (χ3v) is 21.2. The van der Waals surface area contributed by atoms with Gasteiger partial charge < -0.3 is 134 Å². The monoisotopic (exact) mass is 1200 g/mol. The van der Waals surface area contributed by atoms with Crippen LogP contribution >= 0.6 is 0 Å². The Morgan fingerprint density at radius 2 is 1.07 bits per heavy atom. The summed E-state index contributed by atoms with van der Waals surface area (Å²) in [6.45, 7) is 5.78. The van der Waals surface area contributed by atoms with Gasteiger partial charge in [-0.15, -0.1) is 0 Å². The van der Waals surface area contributed by atoms with Crippen molar-refractivity contribution in [3.63, 3.8) is 0 Å². The molecule has 34 atom stereocenters. The normalized spacial score (nSPS) is 53.2. The Kier molecular flexibility index (Phi) is 20.3. The molecule has 6 aliphatic heterocycles. The van der Waals surface area contributed by atoms with Gasteiger partial charge >= 0.3 is 0 Å². The maximum atomic E-state index is 11.9. The second-order valence-electron chi connectivity index (χ2n) is 26.1. The fraction of sp³-hybridized carbons (Fsp3) is 0.964. The molecule has 0 radical (unpaired) electrons. The van der Waals surface area contributed by atoms with Crippen molar-refractivity contribution in [3.8, 4) is 0 Å². The first-order valence-electron chi connectivity index (χ1n) is 29.9. The molecule has 10 rings (SSSR count). The maximum Gasteiger partial charge on any atom is 0.187 e. The molecular formula is C56H92O27. The van der Waals surface area contributed by atoms with Crippen LogP contribution in [0.3, 0.4) is 0 Å². The largest absolute Gasteiger partial charge is 0.494 e. The molecule has 0 bridgehead atoms. The zero-order chi connectivity index (χ0) is 59.7. The Labute approximate surface area is 481 Å². The summed E-state index contributed by atoms with van der Waals surface area (Å²) in [5.41, 5.74) is 1.40. The lowest BCUT2D eigenvalue weighted by atomic mass is 9.44. The lowest BCUT2D eigenvalue weighted by Gasteiger charge is -2.61. The van der Waals surface area contributed by atoms with Gasteiger partial charge in [-0.25, -0.2) is 0 Å². The van der Waals surface area contributed by atoms with Crippen LogP contribution < -0.4 is 0 Å². The molecule has 27 heteroatoms. The molecule has 83 heavy (non-hydrogen) atoms. The van der Waals surface area contributed by atoms with Crippen molar-refractivity contribution in [2.75, 3.05) is 39.6 Å². The van der Waals surface area contributed by atoms with Crippen LogP contribution in [0.15, 0.2) is 11.3 Å². The zero-order valence-electron chi connectivity index (χ0n) is 47.4. The van der Waals surface area contributed by atoms with Crippen LogP contribution in [0.25, 0.3) is 0 Å². The molecule has 0 aromatic heterocycles. The molecule has 4 aliphatic carbocycles. The van der Waals surface area contributed by atoms with Gasteiger partial charge in [-0.05, 0) is 111 Å². The average molecular weight is 1200 g/mol. The summed E-state index contributed by atoms with van der Waals surface area (Å²) in [6.07, 6.45) is -31.4. The Morgan fingerprint density at radius 3 is 1.75 bits per heavy atom. The number of ether oxygens (including phenoxy) is 11. The lowest BCUT2D eigenvalue weighted by Crippen LogP contribution is -2.68. The van der Waals surface area contributed by atoms with E-state index in [4.69, 9.17) is 52.1 Å². The molecule has 9 fully saturated rings. The van der Waals surface area contributed by atoms with Crippen molar-refractivity contribution in [3.05, 3.63) is 11.3 Å². The second kappa shape index (κ2) is 26.1.